The van der Waals surface area contributed by atoms with E-state index in [4.69, 9.17) is 4.74 Å². The molecule has 0 aromatic heterocycles. The van der Waals surface area contributed by atoms with Crippen molar-refractivity contribution in [3.63, 3.8) is 0 Å². The molecule has 1 aliphatic heterocycles. The minimum atomic E-state index is 0.780. The highest BCUT2D eigenvalue weighted by atomic mass is 32.2. The Kier molecular flexibility index (Phi) is 7.39. The van der Waals surface area contributed by atoms with Gasteiger partial charge in [0.1, 0.15) is 0 Å². The van der Waals surface area contributed by atoms with Gasteiger partial charge in [0.05, 0.1) is 13.2 Å². The lowest BCUT2D eigenvalue weighted by Gasteiger charge is -2.28. The Labute approximate surface area is 137 Å². The summed E-state index contributed by atoms with van der Waals surface area (Å²) in [5.74, 6) is 1.93. The fourth-order valence-electron chi connectivity index (χ4n) is 2.32. The standard InChI is InChI=1S/C16H26N4OS/c1-17-16(18-7-12-22-2)19-13-14-3-5-15(6-4-14)20-8-10-21-11-9-20/h3-6H,7-13H2,1-2H3,(H2,17,18,19). The van der Waals surface area contributed by atoms with Crippen molar-refractivity contribution in [3.8, 4) is 0 Å². The average Bonchev–Trinajstić information content (AvgIpc) is 2.59. The van der Waals surface area contributed by atoms with E-state index in [0.717, 1.165) is 51.1 Å². The normalized spacial score (nSPS) is 15.7. The van der Waals surface area contributed by atoms with Crippen molar-refractivity contribution in [1.29, 1.82) is 0 Å². The molecule has 2 N–H and O–H groups in total. The van der Waals surface area contributed by atoms with Crippen LogP contribution in [0.15, 0.2) is 29.3 Å². The zero-order valence-corrected chi connectivity index (χ0v) is 14.3. The summed E-state index contributed by atoms with van der Waals surface area (Å²) in [5, 5.41) is 6.64. The number of aliphatic imine (C=N–C) groups is 1. The summed E-state index contributed by atoms with van der Waals surface area (Å²) >= 11 is 1.82. The lowest BCUT2D eigenvalue weighted by molar-refractivity contribution is 0.122. The first-order chi connectivity index (χ1) is 10.8. The van der Waals surface area contributed by atoms with Gasteiger partial charge in [-0.2, -0.15) is 11.8 Å². The van der Waals surface area contributed by atoms with Crippen LogP contribution in [-0.2, 0) is 11.3 Å². The van der Waals surface area contributed by atoms with Gasteiger partial charge in [-0.25, -0.2) is 0 Å². The predicted octanol–water partition coefficient (Wildman–Crippen LogP) is 1.55. The number of anilines is 1. The van der Waals surface area contributed by atoms with Crippen LogP contribution in [-0.4, -0.2) is 57.9 Å². The molecule has 0 spiro atoms. The second-order valence-corrected chi connectivity index (χ2v) is 6.10. The molecular formula is C16H26N4OS. The molecule has 0 radical (unpaired) electrons. The van der Waals surface area contributed by atoms with E-state index in [1.807, 2.05) is 11.8 Å². The molecule has 1 aromatic rings. The van der Waals surface area contributed by atoms with Crippen molar-refractivity contribution in [3.05, 3.63) is 29.8 Å². The van der Waals surface area contributed by atoms with Gasteiger partial charge in [-0.1, -0.05) is 12.1 Å². The summed E-state index contributed by atoms with van der Waals surface area (Å²) < 4.78 is 5.39. The smallest absolute Gasteiger partial charge is 0.191 e. The summed E-state index contributed by atoms with van der Waals surface area (Å²) in [6.45, 7) is 5.30. The molecule has 0 unspecified atom stereocenters. The van der Waals surface area contributed by atoms with E-state index in [2.05, 4.69) is 51.0 Å². The summed E-state index contributed by atoms with van der Waals surface area (Å²) in [6.07, 6.45) is 2.11. The molecule has 2 rings (SSSR count). The van der Waals surface area contributed by atoms with E-state index < -0.39 is 0 Å². The van der Waals surface area contributed by atoms with Gasteiger partial charge in [0.25, 0.3) is 0 Å². The molecule has 1 aromatic carbocycles. The third-order valence-electron chi connectivity index (χ3n) is 3.59. The Morgan fingerprint density at radius 3 is 2.59 bits per heavy atom. The van der Waals surface area contributed by atoms with Gasteiger partial charge < -0.3 is 20.3 Å². The summed E-state index contributed by atoms with van der Waals surface area (Å²) in [4.78, 5) is 6.59. The second-order valence-electron chi connectivity index (χ2n) is 5.11. The maximum Gasteiger partial charge on any atom is 0.191 e. The van der Waals surface area contributed by atoms with Crippen LogP contribution in [0, 0.1) is 0 Å². The van der Waals surface area contributed by atoms with Gasteiger partial charge >= 0.3 is 0 Å². The second kappa shape index (κ2) is 9.58. The molecule has 1 aliphatic rings. The number of hydrogen-bond donors (Lipinski definition) is 2. The SMILES string of the molecule is CN=C(NCCSC)NCc1ccc(N2CCOCC2)cc1. The molecule has 122 valence electrons. The number of ether oxygens (including phenoxy) is 1. The number of hydrogen-bond acceptors (Lipinski definition) is 4. The Balaban J connectivity index is 1.80. The predicted molar refractivity (Wildman–Crippen MR) is 96.1 cm³/mol. The maximum atomic E-state index is 5.39. The maximum absolute atomic E-state index is 5.39. The Morgan fingerprint density at radius 1 is 1.23 bits per heavy atom. The number of benzene rings is 1. The number of nitrogens with zero attached hydrogens (tertiary/aromatic N) is 2. The highest BCUT2D eigenvalue weighted by Gasteiger charge is 2.10. The first-order valence-electron chi connectivity index (χ1n) is 7.68. The third-order valence-corrected chi connectivity index (χ3v) is 4.21. The van der Waals surface area contributed by atoms with Crippen molar-refractivity contribution in [1.82, 2.24) is 10.6 Å². The molecule has 0 bridgehead atoms. The quantitative estimate of drug-likeness (QED) is 0.473. The van der Waals surface area contributed by atoms with Crippen LogP contribution in [0.1, 0.15) is 5.56 Å². The fourth-order valence-corrected chi connectivity index (χ4v) is 2.63. The molecule has 0 aliphatic carbocycles. The molecular weight excluding hydrogens is 296 g/mol. The van der Waals surface area contributed by atoms with Gasteiger partial charge in [0.2, 0.25) is 0 Å². The number of rotatable bonds is 6. The Bertz CT molecular complexity index is 458. The number of morpholine rings is 1. The van der Waals surface area contributed by atoms with Crippen LogP contribution in [0.2, 0.25) is 0 Å². The molecule has 0 saturated carbocycles. The Hall–Kier alpha value is -1.40. The number of guanidine groups is 1. The highest BCUT2D eigenvalue weighted by Crippen LogP contribution is 2.16. The molecule has 1 fully saturated rings. The zero-order valence-electron chi connectivity index (χ0n) is 13.5. The summed E-state index contributed by atoms with van der Waals surface area (Å²) in [5.41, 5.74) is 2.53. The van der Waals surface area contributed by atoms with Crippen molar-refractivity contribution in [2.24, 2.45) is 4.99 Å². The molecule has 1 saturated heterocycles. The van der Waals surface area contributed by atoms with Crippen LogP contribution < -0.4 is 15.5 Å². The lowest BCUT2D eigenvalue weighted by atomic mass is 10.2. The number of nitrogens with one attached hydrogen (secondary N) is 2. The first kappa shape index (κ1) is 17.0. The van der Waals surface area contributed by atoms with Crippen molar-refractivity contribution in [2.75, 3.05) is 56.8 Å². The average molecular weight is 322 g/mol. The molecule has 5 nitrogen and oxygen atoms in total. The zero-order chi connectivity index (χ0) is 15.6. The molecule has 0 atom stereocenters. The topological polar surface area (TPSA) is 48.9 Å². The molecule has 0 amide bonds. The Morgan fingerprint density at radius 2 is 1.95 bits per heavy atom. The van der Waals surface area contributed by atoms with E-state index in [0.29, 0.717) is 0 Å². The van der Waals surface area contributed by atoms with Crippen molar-refractivity contribution >= 4 is 23.4 Å². The van der Waals surface area contributed by atoms with Gasteiger partial charge in [-0.05, 0) is 24.0 Å². The van der Waals surface area contributed by atoms with Crippen LogP contribution in [0.3, 0.4) is 0 Å². The minimum Gasteiger partial charge on any atom is -0.378 e. The summed E-state index contributed by atoms with van der Waals surface area (Å²) in [6, 6.07) is 8.72. The number of thioether (sulfide) groups is 1. The van der Waals surface area contributed by atoms with Gasteiger partial charge in [-0.15, -0.1) is 0 Å². The van der Waals surface area contributed by atoms with Crippen LogP contribution in [0.5, 0.6) is 0 Å². The van der Waals surface area contributed by atoms with Crippen molar-refractivity contribution < 1.29 is 4.74 Å². The van der Waals surface area contributed by atoms with E-state index >= 15 is 0 Å². The van der Waals surface area contributed by atoms with E-state index in [1.165, 1.54) is 11.3 Å². The fraction of sp³-hybridized carbons (Fsp3) is 0.562. The molecule has 6 heteroatoms. The van der Waals surface area contributed by atoms with Crippen molar-refractivity contribution in [2.45, 2.75) is 6.54 Å². The summed E-state index contributed by atoms with van der Waals surface area (Å²) in [7, 11) is 1.80. The molecule has 1 heterocycles. The van der Waals surface area contributed by atoms with Crippen LogP contribution >= 0.6 is 11.8 Å². The van der Waals surface area contributed by atoms with Crippen LogP contribution in [0.4, 0.5) is 5.69 Å². The lowest BCUT2D eigenvalue weighted by Crippen LogP contribution is -2.38. The minimum absolute atomic E-state index is 0.780. The molecule has 22 heavy (non-hydrogen) atoms. The van der Waals surface area contributed by atoms with E-state index in [9.17, 15) is 0 Å². The largest absolute Gasteiger partial charge is 0.378 e. The van der Waals surface area contributed by atoms with Crippen LogP contribution in [0.25, 0.3) is 0 Å². The first-order valence-corrected chi connectivity index (χ1v) is 9.08. The van der Waals surface area contributed by atoms with E-state index in [1.54, 1.807) is 7.05 Å². The van der Waals surface area contributed by atoms with Gasteiger partial charge in [0.15, 0.2) is 5.96 Å². The van der Waals surface area contributed by atoms with Gasteiger partial charge in [-0.3, -0.25) is 4.99 Å². The monoisotopic (exact) mass is 322 g/mol. The van der Waals surface area contributed by atoms with E-state index in [-0.39, 0.29) is 0 Å². The van der Waals surface area contributed by atoms with Gasteiger partial charge in [0, 0.05) is 44.7 Å². The highest BCUT2D eigenvalue weighted by molar-refractivity contribution is 7.98. The third kappa shape index (κ3) is 5.42.